The molecule has 6 nitrogen and oxygen atoms in total. The number of nitrogens with one attached hydrogen (secondary N) is 2. The summed E-state index contributed by atoms with van der Waals surface area (Å²) in [5.41, 5.74) is 3.11. The van der Waals surface area contributed by atoms with E-state index >= 15 is 0 Å². The summed E-state index contributed by atoms with van der Waals surface area (Å²) in [5.74, 6) is 1.80. The molecule has 7 heteroatoms. The lowest BCUT2D eigenvalue weighted by Gasteiger charge is -2.21. The van der Waals surface area contributed by atoms with E-state index in [4.69, 9.17) is 26.4 Å². The summed E-state index contributed by atoms with van der Waals surface area (Å²) in [6.45, 7) is 6.80. The van der Waals surface area contributed by atoms with Gasteiger partial charge in [0.05, 0.1) is 21.3 Å². The Hall–Kier alpha value is -2.67. The number of methoxy groups -OCH3 is 3. The first-order chi connectivity index (χ1) is 13.6. The molecule has 0 unspecified atom stereocenters. The lowest BCUT2D eigenvalue weighted by Crippen LogP contribution is -2.28. The minimum atomic E-state index is 0.528. The molecule has 0 atom stereocenters. The SMILES string of the molecule is CCN(CC)c1ccc(NC(=S)NCc2cc(OC)c(OC)c(OC)c2)cc1. The summed E-state index contributed by atoms with van der Waals surface area (Å²) in [7, 11) is 4.79. The molecule has 0 radical (unpaired) electrons. The van der Waals surface area contributed by atoms with Crippen molar-refractivity contribution in [1.82, 2.24) is 5.32 Å². The molecule has 0 heterocycles. The fraction of sp³-hybridized carbons (Fsp3) is 0.381. The van der Waals surface area contributed by atoms with E-state index < -0.39 is 0 Å². The molecule has 0 fully saturated rings. The average molecular weight is 404 g/mol. The van der Waals surface area contributed by atoms with Gasteiger partial charge in [-0.3, -0.25) is 0 Å². The van der Waals surface area contributed by atoms with Crippen molar-refractivity contribution >= 4 is 28.7 Å². The van der Waals surface area contributed by atoms with E-state index in [0.29, 0.717) is 28.9 Å². The van der Waals surface area contributed by atoms with Crippen LogP contribution in [0.1, 0.15) is 19.4 Å². The second kappa shape index (κ2) is 10.6. The van der Waals surface area contributed by atoms with Gasteiger partial charge in [0.2, 0.25) is 5.75 Å². The second-order valence-corrected chi connectivity index (χ2v) is 6.47. The molecule has 152 valence electrons. The lowest BCUT2D eigenvalue weighted by atomic mass is 10.2. The van der Waals surface area contributed by atoms with Crippen LogP contribution in [0.4, 0.5) is 11.4 Å². The van der Waals surface area contributed by atoms with Crippen LogP contribution >= 0.6 is 12.2 Å². The van der Waals surface area contributed by atoms with E-state index in [0.717, 1.165) is 24.3 Å². The molecule has 0 aromatic heterocycles. The Morgan fingerprint density at radius 3 is 1.96 bits per heavy atom. The molecule has 0 saturated heterocycles. The summed E-state index contributed by atoms with van der Waals surface area (Å²) in [5, 5.41) is 6.96. The van der Waals surface area contributed by atoms with E-state index in [2.05, 4.69) is 41.5 Å². The third-order valence-electron chi connectivity index (χ3n) is 4.43. The Kier molecular flexibility index (Phi) is 8.19. The number of anilines is 2. The van der Waals surface area contributed by atoms with Crippen LogP contribution in [0, 0.1) is 0 Å². The van der Waals surface area contributed by atoms with Gasteiger partial charge in [0, 0.05) is 31.0 Å². The van der Waals surface area contributed by atoms with Crippen molar-refractivity contribution in [3.8, 4) is 17.2 Å². The minimum Gasteiger partial charge on any atom is -0.493 e. The quantitative estimate of drug-likeness (QED) is 0.613. The average Bonchev–Trinajstić information content (AvgIpc) is 2.73. The Morgan fingerprint density at radius 1 is 0.929 bits per heavy atom. The largest absolute Gasteiger partial charge is 0.493 e. The van der Waals surface area contributed by atoms with Gasteiger partial charge in [-0.15, -0.1) is 0 Å². The maximum atomic E-state index is 5.42. The molecule has 0 aliphatic heterocycles. The van der Waals surface area contributed by atoms with Crippen molar-refractivity contribution in [2.45, 2.75) is 20.4 Å². The van der Waals surface area contributed by atoms with Crippen molar-refractivity contribution < 1.29 is 14.2 Å². The molecule has 0 bridgehead atoms. The molecule has 0 spiro atoms. The van der Waals surface area contributed by atoms with Gasteiger partial charge in [-0.25, -0.2) is 0 Å². The van der Waals surface area contributed by atoms with Gasteiger partial charge in [-0.05, 0) is 68.0 Å². The Morgan fingerprint density at radius 2 is 1.50 bits per heavy atom. The van der Waals surface area contributed by atoms with Gasteiger partial charge in [0.1, 0.15) is 0 Å². The number of hydrogen-bond donors (Lipinski definition) is 2. The monoisotopic (exact) mass is 403 g/mol. The lowest BCUT2D eigenvalue weighted by molar-refractivity contribution is 0.323. The Balaban J connectivity index is 1.99. The maximum absolute atomic E-state index is 5.42. The molecule has 2 N–H and O–H groups in total. The van der Waals surface area contributed by atoms with Gasteiger partial charge < -0.3 is 29.7 Å². The first-order valence-corrected chi connectivity index (χ1v) is 9.65. The third-order valence-corrected chi connectivity index (χ3v) is 4.68. The first-order valence-electron chi connectivity index (χ1n) is 9.24. The van der Waals surface area contributed by atoms with Gasteiger partial charge in [-0.2, -0.15) is 0 Å². The zero-order valence-electron chi connectivity index (χ0n) is 17.2. The van der Waals surface area contributed by atoms with Crippen molar-refractivity contribution in [3.05, 3.63) is 42.0 Å². The van der Waals surface area contributed by atoms with E-state index in [-0.39, 0.29) is 0 Å². The third kappa shape index (κ3) is 5.42. The van der Waals surface area contributed by atoms with Crippen LogP contribution in [0.15, 0.2) is 36.4 Å². The standard InChI is InChI=1S/C21H29N3O3S/c1-6-24(7-2)17-10-8-16(9-11-17)23-21(28)22-14-15-12-18(25-3)20(27-5)19(13-15)26-4/h8-13H,6-7,14H2,1-5H3,(H2,22,23,28). The highest BCUT2D eigenvalue weighted by molar-refractivity contribution is 7.80. The van der Waals surface area contributed by atoms with Crippen LogP contribution in [-0.2, 0) is 6.54 Å². The van der Waals surface area contributed by atoms with Crippen molar-refractivity contribution in [2.75, 3.05) is 44.6 Å². The van der Waals surface area contributed by atoms with Crippen molar-refractivity contribution in [3.63, 3.8) is 0 Å². The summed E-state index contributed by atoms with van der Waals surface area (Å²) in [4.78, 5) is 2.30. The zero-order valence-corrected chi connectivity index (χ0v) is 18.0. The zero-order chi connectivity index (χ0) is 20.5. The van der Waals surface area contributed by atoms with E-state index in [1.54, 1.807) is 21.3 Å². The topological polar surface area (TPSA) is 55.0 Å². The normalized spacial score (nSPS) is 10.2. The molecule has 2 aromatic rings. The number of thiocarbonyl (C=S) groups is 1. The predicted octanol–water partition coefficient (Wildman–Crippen LogP) is 4.05. The summed E-state index contributed by atoms with van der Waals surface area (Å²) in [6, 6.07) is 12.0. The fourth-order valence-electron chi connectivity index (χ4n) is 2.94. The number of ether oxygens (including phenoxy) is 3. The first kappa shape index (κ1) is 21.6. The highest BCUT2D eigenvalue weighted by Gasteiger charge is 2.13. The summed E-state index contributed by atoms with van der Waals surface area (Å²) < 4.78 is 16.1. The van der Waals surface area contributed by atoms with Gasteiger partial charge in [-0.1, -0.05) is 0 Å². The molecule has 2 aromatic carbocycles. The highest BCUT2D eigenvalue weighted by Crippen LogP contribution is 2.38. The molecule has 28 heavy (non-hydrogen) atoms. The van der Waals surface area contributed by atoms with Crippen LogP contribution in [0.5, 0.6) is 17.2 Å². The molecule has 0 saturated carbocycles. The Bertz CT molecular complexity index is 752. The summed E-state index contributed by atoms with van der Waals surface area (Å²) in [6.07, 6.45) is 0. The van der Waals surface area contributed by atoms with Gasteiger partial charge >= 0.3 is 0 Å². The smallest absolute Gasteiger partial charge is 0.203 e. The molecule has 2 rings (SSSR count). The van der Waals surface area contributed by atoms with Crippen LogP contribution in [0.3, 0.4) is 0 Å². The van der Waals surface area contributed by atoms with Crippen LogP contribution in [-0.4, -0.2) is 39.5 Å². The van der Waals surface area contributed by atoms with Crippen LogP contribution < -0.4 is 29.7 Å². The highest BCUT2D eigenvalue weighted by atomic mass is 32.1. The Labute approximate surface area is 172 Å². The van der Waals surface area contributed by atoms with E-state index in [1.165, 1.54) is 5.69 Å². The van der Waals surface area contributed by atoms with E-state index in [9.17, 15) is 0 Å². The van der Waals surface area contributed by atoms with Crippen molar-refractivity contribution in [1.29, 1.82) is 0 Å². The van der Waals surface area contributed by atoms with Gasteiger partial charge in [0.15, 0.2) is 16.6 Å². The minimum absolute atomic E-state index is 0.528. The number of hydrogen-bond acceptors (Lipinski definition) is 5. The molecule has 0 amide bonds. The molecular weight excluding hydrogens is 374 g/mol. The van der Waals surface area contributed by atoms with Crippen molar-refractivity contribution in [2.24, 2.45) is 0 Å². The maximum Gasteiger partial charge on any atom is 0.203 e. The molecular formula is C21H29N3O3S. The number of benzene rings is 2. The van der Waals surface area contributed by atoms with Crippen LogP contribution in [0.25, 0.3) is 0 Å². The summed E-state index contributed by atoms with van der Waals surface area (Å²) >= 11 is 5.42. The fourth-order valence-corrected chi connectivity index (χ4v) is 3.13. The molecule has 0 aliphatic carbocycles. The number of nitrogens with zero attached hydrogens (tertiary/aromatic N) is 1. The number of rotatable bonds is 9. The van der Waals surface area contributed by atoms with E-state index in [1.807, 2.05) is 24.3 Å². The second-order valence-electron chi connectivity index (χ2n) is 6.06. The molecule has 0 aliphatic rings. The van der Waals surface area contributed by atoms with Crippen LogP contribution in [0.2, 0.25) is 0 Å². The predicted molar refractivity (Wildman–Crippen MR) is 119 cm³/mol. The van der Waals surface area contributed by atoms with Gasteiger partial charge in [0.25, 0.3) is 0 Å².